The zero-order valence-electron chi connectivity index (χ0n) is 23.5. The van der Waals surface area contributed by atoms with Gasteiger partial charge in [-0.05, 0) is 44.3 Å². The number of likely N-dealkylation sites (N-methyl/N-ethyl adjacent to an activating group) is 1. The third-order valence-electron chi connectivity index (χ3n) is 5.24. The Morgan fingerprint density at radius 3 is 2.08 bits per heavy atom. The van der Waals surface area contributed by atoms with Crippen molar-refractivity contribution in [2.24, 2.45) is 0 Å². The van der Waals surface area contributed by atoms with E-state index in [1.54, 1.807) is 25.3 Å². The second kappa shape index (κ2) is 22.1. The van der Waals surface area contributed by atoms with Gasteiger partial charge in [0.1, 0.15) is 18.7 Å². The lowest BCUT2D eigenvalue weighted by atomic mass is 10.0. The molecule has 0 radical (unpaired) electrons. The van der Waals surface area contributed by atoms with Crippen molar-refractivity contribution in [3.63, 3.8) is 0 Å². The number of benzene rings is 1. The molecule has 0 saturated carbocycles. The molecule has 0 aliphatic rings. The number of hydrogen-bond donors (Lipinski definition) is 5. The Morgan fingerprint density at radius 1 is 0.897 bits per heavy atom. The molecule has 0 spiro atoms. The van der Waals surface area contributed by atoms with Crippen molar-refractivity contribution in [3.8, 4) is 0 Å². The Labute approximate surface area is 235 Å². The molecule has 0 aliphatic heterocycles. The lowest BCUT2D eigenvalue weighted by molar-refractivity contribution is -0.143. The highest BCUT2D eigenvalue weighted by Crippen LogP contribution is 2.09. The monoisotopic (exact) mass is 572 g/mol. The molecule has 0 aliphatic carbocycles. The van der Waals surface area contributed by atoms with Gasteiger partial charge in [-0.3, -0.25) is 24.1 Å². The van der Waals surface area contributed by atoms with Crippen molar-refractivity contribution in [2.75, 3.05) is 53.3 Å². The molecule has 222 valence electrons. The summed E-state index contributed by atoms with van der Waals surface area (Å²) in [7, 11) is 3.31. The molecular weight excluding hydrogens is 528 g/mol. The minimum Gasteiger partial charge on any atom is -0.480 e. The largest absolute Gasteiger partial charge is 0.480 e. The maximum absolute atomic E-state index is 11.9. The minimum absolute atomic E-state index is 0.110. The quantitative estimate of drug-likeness (QED) is 0.112. The van der Waals surface area contributed by atoms with Crippen molar-refractivity contribution >= 4 is 35.7 Å². The number of ether oxygens (including phenoxy) is 2. The first-order valence-corrected chi connectivity index (χ1v) is 14.0. The molecule has 0 aromatic heterocycles. The first kappa shape index (κ1) is 36.3. The molecule has 13 heteroatoms. The molecule has 2 unspecified atom stereocenters. The van der Waals surface area contributed by atoms with E-state index in [0.717, 1.165) is 11.1 Å². The molecule has 0 heterocycles. The van der Waals surface area contributed by atoms with Gasteiger partial charge in [0.25, 0.3) is 0 Å². The van der Waals surface area contributed by atoms with E-state index in [1.807, 2.05) is 38.1 Å². The summed E-state index contributed by atoms with van der Waals surface area (Å²) >= 11 is 1.26. The molecule has 0 bridgehead atoms. The van der Waals surface area contributed by atoms with Crippen LogP contribution in [0.25, 0.3) is 0 Å². The number of aliphatic carboxylic acids is 2. The molecule has 1 aromatic rings. The van der Waals surface area contributed by atoms with Crippen LogP contribution in [-0.4, -0.2) is 104 Å². The van der Waals surface area contributed by atoms with Crippen molar-refractivity contribution in [2.45, 2.75) is 51.7 Å². The number of carboxylic acid groups (broad SMARTS) is 2. The molecule has 12 nitrogen and oxygen atoms in total. The van der Waals surface area contributed by atoms with Gasteiger partial charge >= 0.3 is 11.9 Å². The summed E-state index contributed by atoms with van der Waals surface area (Å²) in [5.74, 6) is -2.39. The first-order chi connectivity index (χ1) is 18.6. The maximum atomic E-state index is 11.9. The van der Waals surface area contributed by atoms with Crippen LogP contribution in [0.2, 0.25) is 0 Å². The van der Waals surface area contributed by atoms with E-state index in [4.69, 9.17) is 14.6 Å². The zero-order valence-corrected chi connectivity index (χ0v) is 24.3. The van der Waals surface area contributed by atoms with Crippen LogP contribution in [0.5, 0.6) is 0 Å². The molecule has 2 amide bonds. The summed E-state index contributed by atoms with van der Waals surface area (Å²) in [4.78, 5) is 47.6. The standard InChI is InChI=1S/C24H38N4O8S.C2H6/c1-28(2)20(24(33)34)8-9-21(29)25-10-11-35-12-13-36-16-22(30)26-15-18-6-4-17(5-7-18)14-19(23(31)32)27-37-3;1-2/h4-7,19-20,27H,8-16H2,1-3H3,(H,25,29)(H,26,30)(H,31,32)(H,33,34);1-2H3. The van der Waals surface area contributed by atoms with Gasteiger partial charge in [-0.1, -0.05) is 50.1 Å². The van der Waals surface area contributed by atoms with Crippen LogP contribution in [0.15, 0.2) is 24.3 Å². The smallest absolute Gasteiger partial charge is 0.321 e. The summed E-state index contributed by atoms with van der Waals surface area (Å²) < 4.78 is 13.5. The predicted molar refractivity (Wildman–Crippen MR) is 150 cm³/mol. The zero-order chi connectivity index (χ0) is 29.6. The van der Waals surface area contributed by atoms with E-state index in [1.165, 1.54) is 11.9 Å². The third kappa shape index (κ3) is 17.5. The molecule has 1 aromatic carbocycles. The van der Waals surface area contributed by atoms with Crippen LogP contribution < -0.4 is 15.4 Å². The Morgan fingerprint density at radius 2 is 1.51 bits per heavy atom. The van der Waals surface area contributed by atoms with E-state index in [0.29, 0.717) is 19.5 Å². The molecule has 5 N–H and O–H groups in total. The molecular formula is C26H44N4O8S. The lowest BCUT2D eigenvalue weighted by Crippen LogP contribution is -2.37. The Kier molecular flexibility index (Phi) is 20.6. The number of hydrogen-bond acceptors (Lipinski definition) is 9. The summed E-state index contributed by atoms with van der Waals surface area (Å²) in [6.07, 6.45) is 2.46. The van der Waals surface area contributed by atoms with E-state index < -0.39 is 24.0 Å². The average Bonchev–Trinajstić information content (AvgIpc) is 2.90. The van der Waals surface area contributed by atoms with Crippen molar-refractivity contribution in [3.05, 3.63) is 35.4 Å². The highest BCUT2D eigenvalue weighted by atomic mass is 32.2. The van der Waals surface area contributed by atoms with Gasteiger partial charge in [0, 0.05) is 19.5 Å². The maximum Gasteiger partial charge on any atom is 0.321 e. The van der Waals surface area contributed by atoms with E-state index in [9.17, 15) is 24.3 Å². The van der Waals surface area contributed by atoms with Gasteiger partial charge in [0.2, 0.25) is 11.8 Å². The molecule has 2 atom stereocenters. The van der Waals surface area contributed by atoms with Crippen molar-refractivity contribution < 1.29 is 38.9 Å². The van der Waals surface area contributed by atoms with Gasteiger partial charge in [-0.2, -0.15) is 0 Å². The fourth-order valence-corrected chi connectivity index (χ4v) is 3.68. The van der Waals surface area contributed by atoms with E-state index >= 15 is 0 Å². The summed E-state index contributed by atoms with van der Waals surface area (Å²) in [5, 5.41) is 23.7. The van der Waals surface area contributed by atoms with Gasteiger partial charge < -0.3 is 30.3 Å². The van der Waals surface area contributed by atoms with E-state index in [-0.39, 0.29) is 51.1 Å². The van der Waals surface area contributed by atoms with Crippen LogP contribution in [0.4, 0.5) is 0 Å². The normalized spacial score (nSPS) is 12.2. The number of rotatable bonds is 20. The summed E-state index contributed by atoms with van der Waals surface area (Å²) in [6, 6.07) is 5.98. The number of nitrogens with zero attached hydrogens (tertiary/aromatic N) is 1. The van der Waals surface area contributed by atoms with Gasteiger partial charge in [-0.25, -0.2) is 4.72 Å². The summed E-state index contributed by atoms with van der Waals surface area (Å²) in [6.45, 7) is 5.25. The highest BCUT2D eigenvalue weighted by Gasteiger charge is 2.20. The SMILES string of the molecule is CC.CSNC(Cc1ccc(CNC(=O)COCCOCCNC(=O)CCC(C(=O)O)N(C)C)cc1)C(=O)O. The van der Waals surface area contributed by atoms with Crippen LogP contribution >= 0.6 is 11.9 Å². The fourth-order valence-electron chi connectivity index (χ4n) is 3.21. The first-order valence-electron chi connectivity index (χ1n) is 12.8. The molecule has 39 heavy (non-hydrogen) atoms. The van der Waals surface area contributed by atoms with Gasteiger partial charge in [0.15, 0.2) is 0 Å². The number of amides is 2. The average molecular weight is 573 g/mol. The number of carbonyl (C=O) groups excluding carboxylic acids is 2. The van der Waals surface area contributed by atoms with Crippen molar-refractivity contribution in [1.82, 2.24) is 20.3 Å². The number of nitrogens with one attached hydrogen (secondary N) is 3. The lowest BCUT2D eigenvalue weighted by Gasteiger charge is -2.19. The number of carboxylic acids is 2. The van der Waals surface area contributed by atoms with Gasteiger partial charge in [-0.15, -0.1) is 0 Å². The van der Waals surface area contributed by atoms with Crippen LogP contribution in [0, 0.1) is 0 Å². The third-order valence-corrected chi connectivity index (χ3v) is 5.76. The van der Waals surface area contributed by atoms with E-state index in [2.05, 4.69) is 15.4 Å². The second-order valence-electron chi connectivity index (χ2n) is 8.38. The molecule has 1 rings (SSSR count). The Hall–Kier alpha value is -2.71. The van der Waals surface area contributed by atoms with Crippen molar-refractivity contribution in [1.29, 1.82) is 0 Å². The molecule has 0 saturated heterocycles. The van der Waals surface area contributed by atoms with Crippen LogP contribution in [0.3, 0.4) is 0 Å². The second-order valence-corrected chi connectivity index (χ2v) is 9.03. The molecule has 0 fully saturated rings. The van der Waals surface area contributed by atoms with Crippen LogP contribution in [-0.2, 0) is 41.6 Å². The highest BCUT2D eigenvalue weighted by molar-refractivity contribution is 7.96. The Bertz CT molecular complexity index is 855. The minimum atomic E-state index is -0.962. The Balaban J connectivity index is 0.00000704. The number of carbonyl (C=O) groups is 4. The summed E-state index contributed by atoms with van der Waals surface area (Å²) in [5.41, 5.74) is 1.76. The van der Waals surface area contributed by atoms with Gasteiger partial charge in [0.05, 0.1) is 19.8 Å². The predicted octanol–water partition coefficient (Wildman–Crippen LogP) is 1.14. The van der Waals surface area contributed by atoms with Crippen LogP contribution in [0.1, 0.15) is 37.8 Å². The fraction of sp³-hybridized carbons (Fsp3) is 0.615. The topological polar surface area (TPSA) is 167 Å².